The first kappa shape index (κ1) is 15.2. The van der Waals surface area contributed by atoms with Crippen LogP contribution in [0.25, 0.3) is 0 Å². The summed E-state index contributed by atoms with van der Waals surface area (Å²) in [5.74, 6) is 1.65. The minimum Gasteiger partial charge on any atom is -0.393 e. The SMILES string of the molecule is COCc1nc(C)cc(N2CCC(O)CC(C)(C)C2)n1. The highest BCUT2D eigenvalue weighted by Crippen LogP contribution is 2.30. The van der Waals surface area contributed by atoms with Gasteiger partial charge in [-0.2, -0.15) is 0 Å². The summed E-state index contributed by atoms with van der Waals surface area (Å²) in [6, 6.07) is 2.01. The fraction of sp³-hybridized carbons (Fsp3) is 0.733. The molecule has 1 aliphatic heterocycles. The smallest absolute Gasteiger partial charge is 0.156 e. The molecule has 1 aromatic rings. The monoisotopic (exact) mass is 279 g/mol. The summed E-state index contributed by atoms with van der Waals surface area (Å²) in [5.41, 5.74) is 1.03. The molecule has 1 fully saturated rings. The number of anilines is 1. The van der Waals surface area contributed by atoms with Gasteiger partial charge >= 0.3 is 0 Å². The van der Waals surface area contributed by atoms with Gasteiger partial charge < -0.3 is 14.7 Å². The number of aryl methyl sites for hydroxylation is 1. The maximum absolute atomic E-state index is 10.0. The molecule has 0 aromatic carbocycles. The lowest BCUT2D eigenvalue weighted by atomic mass is 9.87. The van der Waals surface area contributed by atoms with E-state index in [0.717, 1.165) is 37.4 Å². The third kappa shape index (κ3) is 3.90. The summed E-state index contributed by atoms with van der Waals surface area (Å²) in [7, 11) is 1.65. The van der Waals surface area contributed by atoms with Crippen LogP contribution in [0.1, 0.15) is 38.2 Å². The normalized spacial score (nSPS) is 22.6. The van der Waals surface area contributed by atoms with E-state index in [4.69, 9.17) is 4.74 Å². The third-order valence-electron chi connectivity index (χ3n) is 3.62. The van der Waals surface area contributed by atoms with Crippen molar-refractivity contribution in [1.82, 2.24) is 9.97 Å². The van der Waals surface area contributed by atoms with Gasteiger partial charge in [0.2, 0.25) is 0 Å². The van der Waals surface area contributed by atoms with Crippen molar-refractivity contribution in [2.24, 2.45) is 5.41 Å². The molecule has 0 saturated carbocycles. The lowest BCUT2D eigenvalue weighted by Crippen LogP contribution is -2.33. The van der Waals surface area contributed by atoms with Gasteiger partial charge in [0.05, 0.1) is 6.10 Å². The van der Waals surface area contributed by atoms with Crippen molar-refractivity contribution in [1.29, 1.82) is 0 Å². The first-order valence-corrected chi connectivity index (χ1v) is 7.16. The lowest BCUT2D eigenvalue weighted by molar-refractivity contribution is 0.123. The van der Waals surface area contributed by atoms with Gasteiger partial charge in [-0.3, -0.25) is 0 Å². The fourth-order valence-corrected chi connectivity index (χ4v) is 2.87. The molecule has 1 saturated heterocycles. The fourth-order valence-electron chi connectivity index (χ4n) is 2.87. The van der Waals surface area contributed by atoms with E-state index in [1.807, 2.05) is 13.0 Å². The molecule has 5 nitrogen and oxygen atoms in total. The van der Waals surface area contributed by atoms with Crippen LogP contribution in [0.5, 0.6) is 0 Å². The van der Waals surface area contributed by atoms with Gasteiger partial charge in [0, 0.05) is 32.0 Å². The van der Waals surface area contributed by atoms with Crippen molar-refractivity contribution in [3.8, 4) is 0 Å². The minimum atomic E-state index is -0.226. The molecular formula is C15H25N3O2. The van der Waals surface area contributed by atoms with Crippen LogP contribution in [0.4, 0.5) is 5.82 Å². The van der Waals surface area contributed by atoms with Gasteiger partial charge in [0.1, 0.15) is 12.4 Å². The molecule has 2 rings (SSSR count). The van der Waals surface area contributed by atoms with Crippen LogP contribution >= 0.6 is 0 Å². The van der Waals surface area contributed by atoms with Gasteiger partial charge in [-0.15, -0.1) is 0 Å². The van der Waals surface area contributed by atoms with Crippen molar-refractivity contribution in [3.05, 3.63) is 17.6 Å². The molecule has 0 bridgehead atoms. The average Bonchev–Trinajstić information content (AvgIpc) is 2.46. The quantitative estimate of drug-likeness (QED) is 0.916. The third-order valence-corrected chi connectivity index (χ3v) is 3.62. The van der Waals surface area contributed by atoms with Gasteiger partial charge in [-0.25, -0.2) is 9.97 Å². The zero-order chi connectivity index (χ0) is 14.8. The van der Waals surface area contributed by atoms with E-state index in [1.165, 1.54) is 0 Å². The molecule has 5 heteroatoms. The van der Waals surface area contributed by atoms with Crippen molar-refractivity contribution >= 4 is 5.82 Å². The van der Waals surface area contributed by atoms with Crippen LogP contribution in [-0.2, 0) is 11.3 Å². The topological polar surface area (TPSA) is 58.5 Å². The molecule has 1 aliphatic rings. The molecule has 1 aromatic heterocycles. The Hall–Kier alpha value is -1.20. The molecule has 0 spiro atoms. The highest BCUT2D eigenvalue weighted by atomic mass is 16.5. The van der Waals surface area contributed by atoms with Gasteiger partial charge in [-0.05, 0) is 25.2 Å². The van der Waals surface area contributed by atoms with Gasteiger partial charge in [0.25, 0.3) is 0 Å². The number of aliphatic hydroxyl groups excluding tert-OH is 1. The Balaban J connectivity index is 2.25. The summed E-state index contributed by atoms with van der Waals surface area (Å²) >= 11 is 0. The Morgan fingerprint density at radius 2 is 2.20 bits per heavy atom. The molecule has 2 heterocycles. The molecule has 0 aliphatic carbocycles. The number of aromatic nitrogens is 2. The molecular weight excluding hydrogens is 254 g/mol. The van der Waals surface area contributed by atoms with Crippen molar-refractivity contribution < 1.29 is 9.84 Å². The molecule has 0 amide bonds. The van der Waals surface area contributed by atoms with Crippen LogP contribution in [0.2, 0.25) is 0 Å². The second-order valence-corrected chi connectivity index (χ2v) is 6.45. The highest BCUT2D eigenvalue weighted by Gasteiger charge is 2.29. The minimum absolute atomic E-state index is 0.0796. The standard InChI is InChI=1S/C15H25N3O2/c1-11-7-14(17-13(16-11)9-20-4)18-6-5-12(19)8-15(2,3)10-18/h7,12,19H,5-6,8-10H2,1-4H3. The predicted molar refractivity (Wildman–Crippen MR) is 78.7 cm³/mol. The lowest BCUT2D eigenvalue weighted by Gasteiger charge is -2.30. The van der Waals surface area contributed by atoms with E-state index in [1.54, 1.807) is 7.11 Å². The predicted octanol–water partition coefficient (Wildman–Crippen LogP) is 1.92. The Morgan fingerprint density at radius 3 is 2.90 bits per heavy atom. The van der Waals surface area contributed by atoms with E-state index in [-0.39, 0.29) is 11.5 Å². The zero-order valence-corrected chi connectivity index (χ0v) is 12.9. The number of hydrogen-bond acceptors (Lipinski definition) is 5. The molecule has 1 atom stereocenters. The number of rotatable bonds is 3. The second-order valence-electron chi connectivity index (χ2n) is 6.45. The summed E-state index contributed by atoms with van der Waals surface area (Å²) < 4.78 is 5.12. The zero-order valence-electron chi connectivity index (χ0n) is 12.9. The van der Waals surface area contributed by atoms with Crippen LogP contribution in [-0.4, -0.2) is 41.4 Å². The number of hydrogen-bond donors (Lipinski definition) is 1. The van der Waals surface area contributed by atoms with E-state index in [0.29, 0.717) is 12.4 Å². The molecule has 20 heavy (non-hydrogen) atoms. The van der Waals surface area contributed by atoms with E-state index < -0.39 is 0 Å². The summed E-state index contributed by atoms with van der Waals surface area (Å²) in [4.78, 5) is 11.2. The van der Waals surface area contributed by atoms with Gasteiger partial charge in [-0.1, -0.05) is 13.8 Å². The first-order valence-electron chi connectivity index (χ1n) is 7.16. The maximum atomic E-state index is 10.0. The van der Waals surface area contributed by atoms with E-state index >= 15 is 0 Å². The van der Waals surface area contributed by atoms with E-state index in [2.05, 4.69) is 28.7 Å². The maximum Gasteiger partial charge on any atom is 0.156 e. The molecule has 1 unspecified atom stereocenters. The van der Waals surface area contributed by atoms with Crippen molar-refractivity contribution in [3.63, 3.8) is 0 Å². The van der Waals surface area contributed by atoms with Crippen LogP contribution in [0.3, 0.4) is 0 Å². The van der Waals surface area contributed by atoms with Crippen molar-refractivity contribution in [2.45, 2.75) is 46.3 Å². The number of nitrogens with zero attached hydrogens (tertiary/aromatic N) is 3. The molecule has 0 radical (unpaired) electrons. The summed E-state index contributed by atoms with van der Waals surface area (Å²) in [6.45, 7) is 8.51. The number of methoxy groups -OCH3 is 1. The summed E-state index contributed by atoms with van der Waals surface area (Å²) in [6.07, 6.45) is 1.39. The Morgan fingerprint density at radius 1 is 1.45 bits per heavy atom. The average molecular weight is 279 g/mol. The largest absolute Gasteiger partial charge is 0.393 e. The summed E-state index contributed by atoms with van der Waals surface area (Å²) in [5, 5.41) is 10.0. The molecule has 1 N–H and O–H groups in total. The highest BCUT2D eigenvalue weighted by molar-refractivity contribution is 5.40. The van der Waals surface area contributed by atoms with Crippen LogP contribution < -0.4 is 4.90 Å². The van der Waals surface area contributed by atoms with Gasteiger partial charge in [0.15, 0.2) is 5.82 Å². The Bertz CT molecular complexity index is 462. The second kappa shape index (κ2) is 6.06. The first-order chi connectivity index (χ1) is 9.39. The molecule has 112 valence electrons. The Kier molecular flexibility index (Phi) is 4.60. The van der Waals surface area contributed by atoms with Crippen LogP contribution in [0.15, 0.2) is 6.07 Å². The van der Waals surface area contributed by atoms with Crippen molar-refractivity contribution in [2.75, 3.05) is 25.1 Å². The van der Waals surface area contributed by atoms with E-state index in [9.17, 15) is 5.11 Å². The number of aliphatic hydroxyl groups is 1. The van der Waals surface area contributed by atoms with Crippen LogP contribution in [0, 0.1) is 12.3 Å². The number of ether oxygens (including phenoxy) is 1. The Labute approximate surface area is 121 Å².